The molecule has 6 aliphatic rings. The van der Waals surface area contributed by atoms with Gasteiger partial charge in [0.1, 0.15) is 0 Å². The summed E-state index contributed by atoms with van der Waals surface area (Å²) in [5.74, 6) is 0. The first-order valence-electron chi connectivity index (χ1n) is 14.1. The second kappa shape index (κ2) is 27.6. The van der Waals surface area contributed by atoms with Crippen LogP contribution in [0.15, 0.2) is 122 Å². The van der Waals surface area contributed by atoms with Gasteiger partial charge in [0.2, 0.25) is 0 Å². The Morgan fingerprint density at radius 1 is 0.200 bits per heavy atom. The normalized spacial score (nSPS) is 19.4. The van der Waals surface area contributed by atoms with Gasteiger partial charge in [-0.25, -0.2) is 0 Å². The van der Waals surface area contributed by atoms with Crippen molar-refractivity contribution in [1.82, 2.24) is 0 Å². The summed E-state index contributed by atoms with van der Waals surface area (Å²) in [7, 11) is 0. The van der Waals surface area contributed by atoms with Gasteiger partial charge in [-0.2, -0.15) is 0 Å². The van der Waals surface area contributed by atoms with Crippen molar-refractivity contribution in [2.75, 3.05) is 0 Å². The first kappa shape index (κ1) is 30.4. The van der Waals surface area contributed by atoms with Crippen LogP contribution in [0.2, 0.25) is 0 Å². The molecule has 0 amide bonds. The van der Waals surface area contributed by atoms with Gasteiger partial charge in [-0.3, -0.25) is 0 Å². The Bertz CT molecular complexity index is 685. The monoisotopic (exact) mass is 470 g/mol. The van der Waals surface area contributed by atoms with Crippen molar-refractivity contribution in [1.29, 1.82) is 0 Å². The lowest BCUT2D eigenvalue weighted by Crippen LogP contribution is -1.77. The maximum atomic E-state index is 2.30. The summed E-state index contributed by atoms with van der Waals surface area (Å²) in [6, 6.07) is 0. The standard InChI is InChI=1S/C7H12.C7H8.C6H10.C6H8.C5H6.C4H6/c2*1-2-4-6-7-5-3-1;2*1-2-4-6-5-3-1;1-2-4-5-3-1;1-2-4-3-1/h1-2H,3-7H2;1-6H,7H2;1-2H,3-6H2;1-4H,5-6H2;1-4H,5H2;1-2H,3-4H2. The first-order valence-corrected chi connectivity index (χ1v) is 14.1. The van der Waals surface area contributed by atoms with E-state index in [9.17, 15) is 0 Å². The molecule has 0 aliphatic heterocycles. The minimum atomic E-state index is 1.08. The van der Waals surface area contributed by atoms with Crippen LogP contribution in [0.1, 0.15) is 96.3 Å². The van der Waals surface area contributed by atoms with E-state index in [0.717, 1.165) is 12.8 Å². The molecule has 0 aromatic heterocycles. The van der Waals surface area contributed by atoms with E-state index in [2.05, 4.69) is 109 Å². The van der Waals surface area contributed by atoms with Crippen LogP contribution in [-0.2, 0) is 0 Å². The molecule has 0 saturated heterocycles. The van der Waals surface area contributed by atoms with E-state index in [1.807, 2.05) is 12.2 Å². The molecule has 35 heavy (non-hydrogen) atoms. The molecular formula is C35H50. The van der Waals surface area contributed by atoms with Crippen LogP contribution in [0.5, 0.6) is 0 Å². The molecule has 6 aliphatic carbocycles. The van der Waals surface area contributed by atoms with Gasteiger partial charge in [-0.15, -0.1) is 0 Å². The molecular weight excluding hydrogens is 420 g/mol. The van der Waals surface area contributed by atoms with Gasteiger partial charge in [-0.05, 0) is 89.9 Å². The lowest BCUT2D eigenvalue weighted by molar-refractivity contribution is 0.718. The summed E-state index contributed by atoms with van der Waals surface area (Å²) in [4.78, 5) is 0. The van der Waals surface area contributed by atoms with Crippen molar-refractivity contribution in [3.8, 4) is 0 Å². The van der Waals surface area contributed by atoms with E-state index in [-0.39, 0.29) is 0 Å². The molecule has 0 spiro atoms. The predicted octanol–water partition coefficient (Wildman–Crippen LogP) is 11.4. The van der Waals surface area contributed by atoms with Crippen LogP contribution in [0, 0.1) is 0 Å². The van der Waals surface area contributed by atoms with E-state index >= 15 is 0 Å². The van der Waals surface area contributed by atoms with Crippen LogP contribution in [0.4, 0.5) is 0 Å². The molecule has 0 atom stereocenters. The van der Waals surface area contributed by atoms with Gasteiger partial charge in [0.25, 0.3) is 0 Å². The molecule has 0 heteroatoms. The maximum Gasteiger partial charge on any atom is -0.0163 e. The second-order valence-electron chi connectivity index (χ2n) is 8.92. The van der Waals surface area contributed by atoms with Crippen LogP contribution in [0.25, 0.3) is 0 Å². The number of rotatable bonds is 0. The largest absolute Gasteiger partial charge is 0.0885 e. The highest BCUT2D eigenvalue weighted by atomic mass is 14.0. The molecule has 0 aromatic rings. The average molecular weight is 471 g/mol. The number of hydrogen-bond acceptors (Lipinski definition) is 0. The third-order valence-corrected chi connectivity index (χ3v) is 5.65. The Morgan fingerprint density at radius 2 is 0.486 bits per heavy atom. The van der Waals surface area contributed by atoms with Gasteiger partial charge in [-0.1, -0.05) is 128 Å². The van der Waals surface area contributed by atoms with Crippen LogP contribution in [0.3, 0.4) is 0 Å². The van der Waals surface area contributed by atoms with E-state index in [4.69, 9.17) is 0 Å². The van der Waals surface area contributed by atoms with Crippen molar-refractivity contribution in [3.63, 3.8) is 0 Å². The Morgan fingerprint density at radius 3 is 0.800 bits per heavy atom. The van der Waals surface area contributed by atoms with E-state index < -0.39 is 0 Å². The lowest BCUT2D eigenvalue weighted by atomic mass is 10.1. The van der Waals surface area contributed by atoms with Gasteiger partial charge in [0.15, 0.2) is 0 Å². The van der Waals surface area contributed by atoms with Crippen molar-refractivity contribution >= 4 is 0 Å². The Kier molecular flexibility index (Phi) is 24.0. The Balaban J connectivity index is 0.000000212. The molecule has 0 saturated carbocycles. The summed E-state index contributed by atoms with van der Waals surface area (Å²) in [5.41, 5.74) is 0. The fraction of sp³-hybridized carbons (Fsp3) is 0.429. The summed E-state index contributed by atoms with van der Waals surface area (Å²) in [6.45, 7) is 0. The smallest absolute Gasteiger partial charge is 0.0163 e. The second-order valence-corrected chi connectivity index (χ2v) is 8.92. The summed E-state index contributed by atoms with van der Waals surface area (Å²) < 4.78 is 0. The molecule has 0 heterocycles. The minimum Gasteiger partial charge on any atom is -0.0885 e. The molecule has 6 rings (SSSR count). The number of allylic oxidation sites excluding steroid dienone is 20. The van der Waals surface area contributed by atoms with Gasteiger partial charge >= 0.3 is 0 Å². The van der Waals surface area contributed by atoms with Crippen molar-refractivity contribution in [2.45, 2.75) is 96.3 Å². The Hall–Kier alpha value is -2.60. The van der Waals surface area contributed by atoms with E-state index in [1.54, 1.807) is 0 Å². The van der Waals surface area contributed by atoms with Crippen LogP contribution >= 0.6 is 0 Å². The van der Waals surface area contributed by atoms with Gasteiger partial charge in [0, 0.05) is 0 Å². The lowest BCUT2D eigenvalue weighted by Gasteiger charge is -1.97. The molecule has 0 aromatic carbocycles. The zero-order chi connectivity index (χ0) is 24.7. The molecule has 190 valence electrons. The third-order valence-electron chi connectivity index (χ3n) is 5.65. The fourth-order valence-electron chi connectivity index (χ4n) is 3.32. The highest BCUT2D eigenvalue weighted by Gasteiger charge is 1.89. The molecule has 0 unspecified atom stereocenters. The van der Waals surface area contributed by atoms with Crippen molar-refractivity contribution in [2.24, 2.45) is 0 Å². The van der Waals surface area contributed by atoms with Crippen molar-refractivity contribution in [3.05, 3.63) is 122 Å². The molecule has 0 N–H and O–H groups in total. The van der Waals surface area contributed by atoms with E-state index in [1.165, 1.54) is 83.5 Å². The van der Waals surface area contributed by atoms with E-state index in [0.29, 0.717) is 0 Å². The van der Waals surface area contributed by atoms with Crippen molar-refractivity contribution < 1.29 is 0 Å². The fourth-order valence-corrected chi connectivity index (χ4v) is 3.32. The minimum absolute atomic E-state index is 1.08. The summed E-state index contributed by atoms with van der Waals surface area (Å²) in [5, 5.41) is 0. The zero-order valence-electron chi connectivity index (χ0n) is 22.2. The Labute approximate surface area is 217 Å². The van der Waals surface area contributed by atoms with Gasteiger partial charge in [0.05, 0.1) is 0 Å². The molecule has 0 bridgehead atoms. The van der Waals surface area contributed by atoms with Crippen LogP contribution in [-0.4, -0.2) is 0 Å². The molecule has 0 nitrogen and oxygen atoms in total. The highest BCUT2D eigenvalue weighted by Crippen LogP contribution is 2.09. The quantitative estimate of drug-likeness (QED) is 0.309. The molecule has 0 radical (unpaired) electrons. The predicted molar refractivity (Wildman–Crippen MR) is 161 cm³/mol. The highest BCUT2D eigenvalue weighted by molar-refractivity contribution is 5.16. The zero-order valence-corrected chi connectivity index (χ0v) is 22.2. The van der Waals surface area contributed by atoms with Crippen LogP contribution < -0.4 is 0 Å². The van der Waals surface area contributed by atoms with Gasteiger partial charge < -0.3 is 0 Å². The number of hydrogen-bond donors (Lipinski definition) is 0. The first-order chi connectivity index (χ1) is 17.5. The topological polar surface area (TPSA) is 0 Å². The molecule has 0 fully saturated rings. The SMILES string of the molecule is C1=CC=CCC=C1.C1=CCC1.C1=CCC=C1.C1=CCCC=C1.C1=CCCCC1.C1=CCCCCC1. The summed E-state index contributed by atoms with van der Waals surface area (Å²) in [6.07, 6.45) is 62.5. The average Bonchev–Trinajstić information content (AvgIpc) is 3.15. The summed E-state index contributed by atoms with van der Waals surface area (Å²) >= 11 is 0. The maximum absolute atomic E-state index is 2.30. The third kappa shape index (κ3) is 25.9.